The third-order valence-electron chi connectivity index (χ3n) is 5.33. The molecule has 4 heterocycles. The summed E-state index contributed by atoms with van der Waals surface area (Å²) in [6.45, 7) is 7.70. The van der Waals surface area contributed by atoms with Crippen LogP contribution < -0.4 is 4.74 Å². The molecule has 2 aliphatic rings. The van der Waals surface area contributed by atoms with E-state index in [0.29, 0.717) is 37.0 Å². The summed E-state index contributed by atoms with van der Waals surface area (Å²) in [6, 6.07) is 3.67. The van der Waals surface area contributed by atoms with Crippen molar-refractivity contribution in [3.8, 4) is 17.1 Å². The van der Waals surface area contributed by atoms with E-state index in [1.54, 1.807) is 17.3 Å². The van der Waals surface area contributed by atoms with Crippen LogP contribution in [-0.4, -0.2) is 58.8 Å². The molecule has 0 aromatic carbocycles. The summed E-state index contributed by atoms with van der Waals surface area (Å²) in [7, 11) is 0. The number of hydrogen-bond donors (Lipinski definition) is 0. The first-order valence-electron chi connectivity index (χ1n) is 11.1. The van der Waals surface area contributed by atoms with Gasteiger partial charge in [-0.2, -0.15) is 0 Å². The van der Waals surface area contributed by atoms with Gasteiger partial charge in [0.2, 0.25) is 0 Å². The maximum atomic E-state index is 12.3. The highest BCUT2D eigenvalue weighted by Crippen LogP contribution is 2.26. The minimum atomic E-state index is -0.513. The molecule has 2 aliphatic heterocycles. The molecule has 32 heavy (non-hydrogen) atoms. The van der Waals surface area contributed by atoms with Gasteiger partial charge in [-0.3, -0.25) is 4.98 Å². The summed E-state index contributed by atoms with van der Waals surface area (Å²) in [5, 5.41) is 4.08. The Bertz CT molecular complexity index is 903. The van der Waals surface area contributed by atoms with E-state index in [9.17, 15) is 4.79 Å². The van der Waals surface area contributed by atoms with Gasteiger partial charge in [-0.1, -0.05) is 5.16 Å². The minimum absolute atomic E-state index is 0.00968. The number of carbonyl (C=O) groups is 1. The Morgan fingerprint density at radius 2 is 2.09 bits per heavy atom. The quantitative estimate of drug-likeness (QED) is 0.627. The standard InChI is InChI=1S/C23H31N3O6/c1-23(2,3)31-22(27)26-8-7-18(26)15-29-19-10-16(12-24-13-19)20-11-17(25-32-20)14-30-21-6-4-5-9-28-21/h10-13,18,21H,4-9,14-15H2,1-3H3. The number of amides is 1. The van der Waals surface area contributed by atoms with Gasteiger partial charge in [0.25, 0.3) is 0 Å². The molecule has 0 spiro atoms. The van der Waals surface area contributed by atoms with Crippen LogP contribution in [0.1, 0.15) is 52.1 Å². The van der Waals surface area contributed by atoms with E-state index in [0.717, 1.165) is 37.9 Å². The molecular weight excluding hydrogens is 414 g/mol. The second kappa shape index (κ2) is 9.87. The second-order valence-corrected chi connectivity index (χ2v) is 9.13. The van der Waals surface area contributed by atoms with E-state index in [4.69, 9.17) is 23.5 Å². The zero-order valence-corrected chi connectivity index (χ0v) is 18.9. The fraction of sp³-hybridized carbons (Fsp3) is 0.609. The summed E-state index contributed by atoms with van der Waals surface area (Å²) in [4.78, 5) is 18.2. The summed E-state index contributed by atoms with van der Waals surface area (Å²) in [5.41, 5.74) is 0.941. The topological polar surface area (TPSA) is 96.2 Å². The molecule has 174 valence electrons. The van der Waals surface area contributed by atoms with Gasteiger partial charge >= 0.3 is 6.09 Å². The number of aromatic nitrogens is 2. The highest BCUT2D eigenvalue weighted by atomic mass is 16.7. The normalized spacial score (nSPS) is 21.2. The Kier molecular flexibility index (Phi) is 6.95. The maximum absolute atomic E-state index is 12.3. The van der Waals surface area contributed by atoms with Crippen LogP contribution in [0.2, 0.25) is 0 Å². The molecule has 9 nitrogen and oxygen atoms in total. The molecule has 2 aromatic heterocycles. The first-order chi connectivity index (χ1) is 15.4. The summed E-state index contributed by atoms with van der Waals surface area (Å²) in [5.74, 6) is 1.19. The number of pyridine rings is 1. The van der Waals surface area contributed by atoms with Gasteiger partial charge < -0.3 is 28.4 Å². The largest absolute Gasteiger partial charge is 0.490 e. The number of likely N-dealkylation sites (tertiary alicyclic amines) is 1. The van der Waals surface area contributed by atoms with Crippen LogP contribution in [0.15, 0.2) is 29.0 Å². The third kappa shape index (κ3) is 5.98. The molecule has 2 aromatic rings. The number of ether oxygens (including phenoxy) is 4. The number of hydrogen-bond acceptors (Lipinski definition) is 8. The molecule has 2 saturated heterocycles. The molecule has 0 radical (unpaired) electrons. The average molecular weight is 446 g/mol. The molecule has 2 fully saturated rings. The highest BCUT2D eigenvalue weighted by molar-refractivity contribution is 5.69. The Labute approximate surface area is 188 Å². The molecule has 0 bridgehead atoms. The van der Waals surface area contributed by atoms with Crippen molar-refractivity contribution in [2.45, 2.75) is 71.0 Å². The van der Waals surface area contributed by atoms with E-state index in [1.165, 1.54) is 0 Å². The van der Waals surface area contributed by atoms with Crippen molar-refractivity contribution in [1.29, 1.82) is 0 Å². The SMILES string of the molecule is CC(C)(C)OC(=O)N1CCC1COc1cncc(-c2cc(COC3CCCCO3)no2)c1. The molecule has 1 amide bonds. The van der Waals surface area contributed by atoms with Gasteiger partial charge in [0.1, 0.15) is 23.7 Å². The van der Waals surface area contributed by atoms with Crippen LogP contribution >= 0.6 is 0 Å². The summed E-state index contributed by atoms with van der Waals surface area (Å²) in [6.07, 6.45) is 6.83. The zero-order chi connectivity index (χ0) is 22.6. The number of rotatable bonds is 7. The van der Waals surface area contributed by atoms with Crippen LogP contribution in [0.4, 0.5) is 4.79 Å². The van der Waals surface area contributed by atoms with Crippen LogP contribution in [-0.2, 0) is 20.8 Å². The Hall–Kier alpha value is -2.65. The molecule has 4 rings (SSSR count). The molecule has 0 N–H and O–H groups in total. The van der Waals surface area contributed by atoms with E-state index < -0.39 is 5.60 Å². The average Bonchev–Trinajstić information content (AvgIpc) is 3.20. The van der Waals surface area contributed by atoms with Gasteiger partial charge in [-0.25, -0.2) is 4.79 Å². The van der Waals surface area contributed by atoms with E-state index >= 15 is 0 Å². The van der Waals surface area contributed by atoms with Crippen LogP contribution in [0.25, 0.3) is 11.3 Å². The van der Waals surface area contributed by atoms with Crippen molar-refractivity contribution in [2.75, 3.05) is 19.8 Å². The summed E-state index contributed by atoms with van der Waals surface area (Å²) < 4.78 is 28.1. The molecular formula is C23H31N3O6. The lowest BCUT2D eigenvalue weighted by atomic mass is 10.1. The van der Waals surface area contributed by atoms with Crippen molar-refractivity contribution >= 4 is 6.09 Å². The van der Waals surface area contributed by atoms with Crippen LogP contribution in [0, 0.1) is 0 Å². The first-order valence-corrected chi connectivity index (χ1v) is 11.1. The van der Waals surface area contributed by atoms with Crippen LogP contribution in [0.5, 0.6) is 5.75 Å². The lowest BCUT2D eigenvalue weighted by Crippen LogP contribution is -2.55. The molecule has 2 unspecified atom stereocenters. The van der Waals surface area contributed by atoms with Gasteiger partial charge in [-0.05, 0) is 52.5 Å². The monoisotopic (exact) mass is 445 g/mol. The van der Waals surface area contributed by atoms with Crippen LogP contribution in [0.3, 0.4) is 0 Å². The van der Waals surface area contributed by atoms with Gasteiger partial charge in [0.05, 0.1) is 18.8 Å². The zero-order valence-electron chi connectivity index (χ0n) is 18.9. The molecule has 2 atom stereocenters. The molecule has 0 aliphatic carbocycles. The lowest BCUT2D eigenvalue weighted by Gasteiger charge is -2.40. The van der Waals surface area contributed by atoms with Gasteiger partial charge in [0.15, 0.2) is 12.1 Å². The summed E-state index contributed by atoms with van der Waals surface area (Å²) >= 11 is 0. The van der Waals surface area contributed by atoms with E-state index in [-0.39, 0.29) is 18.4 Å². The highest BCUT2D eigenvalue weighted by Gasteiger charge is 2.35. The third-order valence-corrected chi connectivity index (χ3v) is 5.33. The predicted octanol–water partition coefficient (Wildman–Crippen LogP) is 4.17. The Morgan fingerprint density at radius 1 is 1.22 bits per heavy atom. The smallest absolute Gasteiger partial charge is 0.410 e. The minimum Gasteiger partial charge on any atom is -0.490 e. The molecule has 9 heteroatoms. The van der Waals surface area contributed by atoms with Crippen molar-refractivity contribution in [1.82, 2.24) is 15.0 Å². The predicted molar refractivity (Wildman–Crippen MR) is 115 cm³/mol. The lowest BCUT2D eigenvalue weighted by molar-refractivity contribution is -0.169. The van der Waals surface area contributed by atoms with Gasteiger partial charge in [0, 0.05) is 31.0 Å². The van der Waals surface area contributed by atoms with Crippen molar-refractivity contribution in [2.24, 2.45) is 0 Å². The van der Waals surface area contributed by atoms with Crippen molar-refractivity contribution in [3.05, 3.63) is 30.2 Å². The maximum Gasteiger partial charge on any atom is 0.410 e. The first kappa shape index (κ1) is 22.5. The fourth-order valence-electron chi connectivity index (χ4n) is 3.54. The van der Waals surface area contributed by atoms with Crippen molar-refractivity contribution < 1.29 is 28.3 Å². The van der Waals surface area contributed by atoms with Gasteiger partial charge in [-0.15, -0.1) is 0 Å². The Balaban J connectivity index is 1.29. The fourth-order valence-corrected chi connectivity index (χ4v) is 3.54. The molecule has 0 saturated carbocycles. The number of carbonyl (C=O) groups excluding carboxylic acids is 1. The van der Waals surface area contributed by atoms with Crippen molar-refractivity contribution in [3.63, 3.8) is 0 Å². The van der Waals surface area contributed by atoms with E-state index in [1.807, 2.05) is 32.9 Å². The number of nitrogens with zero attached hydrogens (tertiary/aromatic N) is 3. The second-order valence-electron chi connectivity index (χ2n) is 9.13. The Morgan fingerprint density at radius 3 is 2.81 bits per heavy atom. The van der Waals surface area contributed by atoms with E-state index in [2.05, 4.69) is 10.1 Å².